The van der Waals surface area contributed by atoms with Gasteiger partial charge in [-0.05, 0) is 42.7 Å². The Morgan fingerprint density at radius 2 is 1.67 bits per heavy atom. The van der Waals surface area contributed by atoms with Crippen molar-refractivity contribution in [2.45, 2.75) is 23.2 Å². The number of benzene rings is 2. The third-order valence-electron chi connectivity index (χ3n) is 5.10. The van der Waals surface area contributed by atoms with Gasteiger partial charge in [-0.2, -0.15) is 0 Å². The molecule has 1 heterocycles. The molecule has 27 heavy (non-hydrogen) atoms. The predicted molar refractivity (Wildman–Crippen MR) is 103 cm³/mol. The van der Waals surface area contributed by atoms with E-state index in [-0.39, 0.29) is 10.3 Å². The van der Waals surface area contributed by atoms with E-state index in [2.05, 4.69) is 4.72 Å². The molecule has 1 N–H and O–H groups in total. The summed E-state index contributed by atoms with van der Waals surface area (Å²) < 4.78 is 44.5. The second-order valence-electron chi connectivity index (χ2n) is 6.60. The molecule has 3 rings (SSSR count). The summed E-state index contributed by atoms with van der Waals surface area (Å²) in [5.74, 6) is 1.28. The molecule has 0 atom stereocenters. The van der Waals surface area contributed by atoms with Crippen LogP contribution in [0, 0.1) is 0 Å². The van der Waals surface area contributed by atoms with Gasteiger partial charge in [0.25, 0.3) is 0 Å². The first-order valence-electron chi connectivity index (χ1n) is 8.86. The smallest absolute Gasteiger partial charge is 0.240 e. The number of nitrogens with one attached hydrogen (secondary N) is 1. The quantitative estimate of drug-likeness (QED) is 0.786. The van der Waals surface area contributed by atoms with Gasteiger partial charge < -0.3 is 14.2 Å². The summed E-state index contributed by atoms with van der Waals surface area (Å²) in [7, 11) is -0.394. The van der Waals surface area contributed by atoms with E-state index in [1.807, 2.05) is 18.2 Å². The Kier molecular flexibility index (Phi) is 6.04. The number of rotatable bonds is 7. The zero-order valence-corrected chi connectivity index (χ0v) is 16.4. The molecule has 1 aliphatic rings. The van der Waals surface area contributed by atoms with Crippen molar-refractivity contribution in [2.75, 3.05) is 34.0 Å². The fraction of sp³-hybridized carbons (Fsp3) is 0.400. The van der Waals surface area contributed by atoms with Crippen molar-refractivity contribution < 1.29 is 22.6 Å². The molecular weight excluding hydrogens is 366 g/mol. The molecule has 2 aromatic carbocycles. The molecule has 2 aromatic rings. The van der Waals surface area contributed by atoms with Crippen LogP contribution in [0.25, 0.3) is 0 Å². The molecule has 0 bridgehead atoms. The first kappa shape index (κ1) is 19.7. The van der Waals surface area contributed by atoms with Crippen molar-refractivity contribution in [3.8, 4) is 11.5 Å². The summed E-state index contributed by atoms with van der Waals surface area (Å²) in [6.45, 7) is 1.46. The number of ether oxygens (including phenoxy) is 3. The minimum atomic E-state index is -3.58. The van der Waals surface area contributed by atoms with Crippen molar-refractivity contribution in [2.24, 2.45) is 0 Å². The maximum atomic E-state index is 12.7. The molecule has 0 spiro atoms. The van der Waals surface area contributed by atoms with Gasteiger partial charge in [-0.15, -0.1) is 0 Å². The van der Waals surface area contributed by atoms with E-state index in [1.165, 1.54) is 0 Å². The zero-order valence-electron chi connectivity index (χ0n) is 15.6. The second kappa shape index (κ2) is 8.29. The molecule has 0 aromatic heterocycles. The normalized spacial score (nSPS) is 16.7. The summed E-state index contributed by atoms with van der Waals surface area (Å²) in [4.78, 5) is 0.263. The zero-order chi connectivity index (χ0) is 19.3. The number of sulfonamides is 1. The van der Waals surface area contributed by atoms with E-state index in [1.54, 1.807) is 44.6 Å². The van der Waals surface area contributed by atoms with Crippen LogP contribution in [-0.2, 0) is 20.2 Å². The average Bonchev–Trinajstić information content (AvgIpc) is 2.73. The van der Waals surface area contributed by atoms with Gasteiger partial charge in [-0.3, -0.25) is 0 Å². The van der Waals surface area contributed by atoms with E-state index < -0.39 is 10.0 Å². The molecule has 0 aliphatic carbocycles. The average molecular weight is 391 g/mol. The van der Waals surface area contributed by atoms with Gasteiger partial charge in [0, 0.05) is 25.2 Å². The third kappa shape index (κ3) is 4.26. The molecule has 1 saturated heterocycles. The number of hydrogen-bond donors (Lipinski definition) is 1. The van der Waals surface area contributed by atoms with Crippen LogP contribution in [0.5, 0.6) is 11.5 Å². The van der Waals surface area contributed by atoms with E-state index in [4.69, 9.17) is 14.2 Å². The molecule has 0 unspecified atom stereocenters. The highest BCUT2D eigenvalue weighted by Crippen LogP contribution is 2.39. The molecule has 7 heteroatoms. The SMILES string of the molecule is COc1ccc(C2(CNS(=O)(=O)c3ccccc3)CCOCC2)cc1OC. The highest BCUT2D eigenvalue weighted by atomic mass is 32.2. The maximum absolute atomic E-state index is 12.7. The van der Waals surface area contributed by atoms with Crippen LogP contribution in [-0.4, -0.2) is 42.4 Å². The van der Waals surface area contributed by atoms with Crippen LogP contribution in [0.4, 0.5) is 0 Å². The van der Waals surface area contributed by atoms with E-state index in [0.717, 1.165) is 18.4 Å². The van der Waals surface area contributed by atoms with Gasteiger partial charge >= 0.3 is 0 Å². The molecular formula is C20H25NO5S. The first-order chi connectivity index (χ1) is 13.0. The summed E-state index contributed by atoms with van der Waals surface area (Å²) >= 11 is 0. The Morgan fingerprint density at radius 3 is 2.30 bits per heavy atom. The lowest BCUT2D eigenvalue weighted by molar-refractivity contribution is 0.0516. The van der Waals surface area contributed by atoms with Crippen molar-refractivity contribution in [1.29, 1.82) is 0 Å². The van der Waals surface area contributed by atoms with E-state index >= 15 is 0 Å². The lowest BCUT2D eigenvalue weighted by Gasteiger charge is -2.38. The molecule has 0 amide bonds. The Labute approximate surface area is 160 Å². The van der Waals surface area contributed by atoms with Gasteiger partial charge in [0.2, 0.25) is 10.0 Å². The molecule has 146 valence electrons. The third-order valence-corrected chi connectivity index (χ3v) is 6.52. The minimum absolute atomic E-state index is 0.263. The topological polar surface area (TPSA) is 73.9 Å². The highest BCUT2D eigenvalue weighted by Gasteiger charge is 2.36. The molecule has 0 radical (unpaired) electrons. The van der Waals surface area contributed by atoms with Crippen LogP contribution >= 0.6 is 0 Å². The van der Waals surface area contributed by atoms with Crippen molar-refractivity contribution in [1.82, 2.24) is 4.72 Å². The van der Waals surface area contributed by atoms with Crippen molar-refractivity contribution in [3.05, 3.63) is 54.1 Å². The Hall–Kier alpha value is -2.09. The minimum Gasteiger partial charge on any atom is -0.493 e. The first-order valence-corrected chi connectivity index (χ1v) is 10.3. The van der Waals surface area contributed by atoms with Gasteiger partial charge in [-0.1, -0.05) is 24.3 Å². The lowest BCUT2D eigenvalue weighted by Crippen LogP contribution is -2.44. The van der Waals surface area contributed by atoms with Crippen molar-refractivity contribution >= 4 is 10.0 Å². The maximum Gasteiger partial charge on any atom is 0.240 e. The molecule has 6 nitrogen and oxygen atoms in total. The van der Waals surface area contributed by atoms with Crippen LogP contribution in [0.15, 0.2) is 53.4 Å². The largest absolute Gasteiger partial charge is 0.493 e. The standard InChI is InChI=1S/C20H25NO5S/c1-24-18-9-8-16(14-19(18)25-2)20(10-12-26-13-11-20)15-21-27(22,23)17-6-4-3-5-7-17/h3-9,14,21H,10-13,15H2,1-2H3. The van der Waals surface area contributed by atoms with Gasteiger partial charge in [-0.25, -0.2) is 13.1 Å². The number of methoxy groups -OCH3 is 2. The summed E-state index contributed by atoms with van der Waals surface area (Å²) in [5, 5.41) is 0. The molecule has 0 saturated carbocycles. The Morgan fingerprint density at radius 1 is 1.00 bits per heavy atom. The highest BCUT2D eigenvalue weighted by molar-refractivity contribution is 7.89. The lowest BCUT2D eigenvalue weighted by atomic mass is 9.74. The fourth-order valence-electron chi connectivity index (χ4n) is 3.41. The monoisotopic (exact) mass is 391 g/mol. The molecule has 1 aliphatic heterocycles. The summed E-state index contributed by atoms with van der Waals surface area (Å²) in [6, 6.07) is 14.2. The predicted octanol–water partition coefficient (Wildman–Crippen LogP) is 2.73. The van der Waals surface area contributed by atoms with E-state index in [9.17, 15) is 8.42 Å². The Balaban J connectivity index is 1.90. The Bertz CT molecular complexity index is 861. The van der Waals surface area contributed by atoms with E-state index in [0.29, 0.717) is 31.3 Å². The van der Waals surface area contributed by atoms with Crippen LogP contribution in [0.2, 0.25) is 0 Å². The fourth-order valence-corrected chi connectivity index (χ4v) is 4.56. The van der Waals surface area contributed by atoms with Crippen LogP contribution in [0.1, 0.15) is 18.4 Å². The molecule has 1 fully saturated rings. The summed E-state index contributed by atoms with van der Waals surface area (Å²) in [5.41, 5.74) is 0.652. The van der Waals surface area contributed by atoms with Gasteiger partial charge in [0.1, 0.15) is 0 Å². The van der Waals surface area contributed by atoms with Crippen LogP contribution in [0.3, 0.4) is 0 Å². The number of hydrogen-bond acceptors (Lipinski definition) is 5. The summed E-state index contributed by atoms with van der Waals surface area (Å²) in [6.07, 6.45) is 1.44. The van der Waals surface area contributed by atoms with Gasteiger partial charge in [0.15, 0.2) is 11.5 Å². The van der Waals surface area contributed by atoms with Crippen LogP contribution < -0.4 is 14.2 Å². The van der Waals surface area contributed by atoms with Gasteiger partial charge in [0.05, 0.1) is 19.1 Å². The second-order valence-corrected chi connectivity index (χ2v) is 8.37. The van der Waals surface area contributed by atoms with Crippen molar-refractivity contribution in [3.63, 3.8) is 0 Å².